The summed E-state index contributed by atoms with van der Waals surface area (Å²) in [5.74, 6) is 1.15. The predicted molar refractivity (Wildman–Crippen MR) is 52.1 cm³/mol. The smallest absolute Gasteiger partial charge is 0.221 e. The highest BCUT2D eigenvalue weighted by Gasteiger charge is 2.22. The minimum Gasteiger partial charge on any atom is -0.352 e. The van der Waals surface area contributed by atoms with Crippen LogP contribution in [0.25, 0.3) is 0 Å². The molecule has 2 unspecified atom stereocenters. The second kappa shape index (κ2) is 4.72. The molecule has 1 rings (SSSR count). The molecule has 1 fully saturated rings. The molecule has 1 saturated heterocycles. The van der Waals surface area contributed by atoms with Crippen LogP contribution in [-0.2, 0) is 4.79 Å². The summed E-state index contributed by atoms with van der Waals surface area (Å²) in [6.45, 7) is 2.64. The molecule has 0 spiro atoms. The van der Waals surface area contributed by atoms with Crippen LogP contribution < -0.4 is 11.1 Å². The first-order valence-electron chi connectivity index (χ1n) is 4.33. The van der Waals surface area contributed by atoms with E-state index < -0.39 is 0 Å². The zero-order chi connectivity index (χ0) is 8.97. The molecule has 0 saturated carbocycles. The average Bonchev–Trinajstić information content (AvgIpc) is 2.36. The summed E-state index contributed by atoms with van der Waals surface area (Å²) in [4.78, 5) is 11.1. The van der Waals surface area contributed by atoms with Gasteiger partial charge in [-0.25, -0.2) is 0 Å². The summed E-state index contributed by atoms with van der Waals surface area (Å²) in [6, 6.07) is 0.379. The summed E-state index contributed by atoms with van der Waals surface area (Å²) in [7, 11) is 0. The van der Waals surface area contributed by atoms with Gasteiger partial charge in [-0.2, -0.15) is 11.8 Å². The Kier molecular flexibility index (Phi) is 3.88. The lowest BCUT2D eigenvalue weighted by molar-refractivity contribution is -0.121. The molecule has 12 heavy (non-hydrogen) atoms. The van der Waals surface area contributed by atoms with Gasteiger partial charge in [-0.1, -0.05) is 6.92 Å². The Morgan fingerprint density at radius 3 is 3.00 bits per heavy atom. The molecule has 0 radical (unpaired) electrons. The van der Waals surface area contributed by atoms with Crippen molar-refractivity contribution in [2.24, 2.45) is 5.73 Å². The largest absolute Gasteiger partial charge is 0.352 e. The third-order valence-electron chi connectivity index (χ3n) is 1.93. The topological polar surface area (TPSA) is 55.1 Å². The van der Waals surface area contributed by atoms with Gasteiger partial charge in [-0.15, -0.1) is 0 Å². The van der Waals surface area contributed by atoms with E-state index in [1.165, 1.54) is 0 Å². The van der Waals surface area contributed by atoms with Crippen LogP contribution in [0.3, 0.4) is 0 Å². The molecule has 1 amide bonds. The highest BCUT2D eigenvalue weighted by atomic mass is 32.2. The molecule has 0 aromatic heterocycles. The number of nitrogens with two attached hydrogens (primary N) is 1. The minimum atomic E-state index is 0.0946. The maximum Gasteiger partial charge on any atom is 0.221 e. The molecule has 0 aromatic rings. The lowest BCUT2D eigenvalue weighted by Gasteiger charge is -2.10. The highest BCUT2D eigenvalue weighted by Crippen LogP contribution is 2.25. The van der Waals surface area contributed by atoms with Crippen LogP contribution in [0.4, 0.5) is 0 Å². The van der Waals surface area contributed by atoms with E-state index in [0.717, 1.165) is 12.2 Å². The van der Waals surface area contributed by atoms with Gasteiger partial charge in [0, 0.05) is 30.0 Å². The number of amides is 1. The molecule has 1 aliphatic heterocycles. The fraction of sp³-hybridized carbons (Fsp3) is 0.875. The standard InChI is InChI=1S/C8H16N2OS/c1-6-4-7(5-12-6)10-8(11)2-3-9/h6-7H,2-5,9H2,1H3,(H,10,11). The van der Waals surface area contributed by atoms with Crippen LogP contribution in [0.15, 0.2) is 0 Å². The van der Waals surface area contributed by atoms with Crippen molar-refractivity contribution < 1.29 is 4.79 Å². The summed E-state index contributed by atoms with van der Waals surface area (Å²) in [5.41, 5.74) is 5.26. The van der Waals surface area contributed by atoms with E-state index in [9.17, 15) is 4.79 Å². The maximum atomic E-state index is 11.1. The van der Waals surface area contributed by atoms with Gasteiger partial charge in [0.1, 0.15) is 0 Å². The minimum absolute atomic E-state index is 0.0946. The number of carbonyl (C=O) groups excluding carboxylic acids is 1. The molecule has 2 atom stereocenters. The lowest BCUT2D eigenvalue weighted by atomic mass is 10.2. The van der Waals surface area contributed by atoms with Crippen LogP contribution in [-0.4, -0.2) is 29.5 Å². The normalized spacial score (nSPS) is 28.8. The van der Waals surface area contributed by atoms with E-state index in [4.69, 9.17) is 5.73 Å². The fourth-order valence-electron chi connectivity index (χ4n) is 1.35. The van der Waals surface area contributed by atoms with Crippen molar-refractivity contribution in [1.82, 2.24) is 5.32 Å². The van der Waals surface area contributed by atoms with E-state index in [0.29, 0.717) is 24.3 Å². The van der Waals surface area contributed by atoms with Gasteiger partial charge in [0.05, 0.1) is 0 Å². The number of rotatable bonds is 3. The number of thioether (sulfide) groups is 1. The van der Waals surface area contributed by atoms with E-state index in [2.05, 4.69) is 12.2 Å². The Balaban J connectivity index is 2.18. The van der Waals surface area contributed by atoms with Crippen LogP contribution >= 0.6 is 11.8 Å². The second-order valence-electron chi connectivity index (χ2n) is 3.18. The third-order valence-corrected chi connectivity index (χ3v) is 3.29. The molecule has 1 aliphatic rings. The van der Waals surface area contributed by atoms with Crippen molar-refractivity contribution in [3.63, 3.8) is 0 Å². The van der Waals surface area contributed by atoms with Crippen LogP contribution in [0.5, 0.6) is 0 Å². The zero-order valence-electron chi connectivity index (χ0n) is 7.38. The van der Waals surface area contributed by atoms with Crippen molar-refractivity contribution >= 4 is 17.7 Å². The first-order chi connectivity index (χ1) is 5.72. The average molecular weight is 188 g/mol. The third kappa shape index (κ3) is 3.03. The summed E-state index contributed by atoms with van der Waals surface area (Å²) >= 11 is 1.92. The Labute approximate surface area is 77.5 Å². The first-order valence-corrected chi connectivity index (χ1v) is 5.38. The SMILES string of the molecule is CC1CC(NC(=O)CCN)CS1. The van der Waals surface area contributed by atoms with E-state index >= 15 is 0 Å². The fourth-order valence-corrected chi connectivity index (χ4v) is 2.50. The second-order valence-corrected chi connectivity index (χ2v) is 4.65. The van der Waals surface area contributed by atoms with Crippen LogP contribution in [0.2, 0.25) is 0 Å². The Morgan fingerprint density at radius 2 is 2.50 bits per heavy atom. The molecule has 3 N–H and O–H groups in total. The molecule has 0 bridgehead atoms. The maximum absolute atomic E-state index is 11.1. The van der Waals surface area contributed by atoms with Gasteiger partial charge < -0.3 is 11.1 Å². The summed E-state index contributed by atoms with van der Waals surface area (Å²) in [5, 5.41) is 3.66. The zero-order valence-corrected chi connectivity index (χ0v) is 8.19. The molecule has 0 aliphatic carbocycles. The molecular weight excluding hydrogens is 172 g/mol. The van der Waals surface area contributed by atoms with Gasteiger partial charge in [-0.05, 0) is 6.42 Å². The monoisotopic (exact) mass is 188 g/mol. The molecule has 1 heterocycles. The van der Waals surface area contributed by atoms with E-state index in [1.54, 1.807) is 0 Å². The summed E-state index contributed by atoms with van der Waals surface area (Å²) < 4.78 is 0. The van der Waals surface area contributed by atoms with Gasteiger partial charge in [0.15, 0.2) is 0 Å². The van der Waals surface area contributed by atoms with Crippen molar-refractivity contribution in [3.05, 3.63) is 0 Å². The number of nitrogens with one attached hydrogen (secondary N) is 1. The number of hydrogen-bond donors (Lipinski definition) is 2. The molecule has 4 heteroatoms. The van der Waals surface area contributed by atoms with Crippen molar-refractivity contribution in [3.8, 4) is 0 Å². The predicted octanol–water partition coefficient (Wildman–Crippen LogP) is 0.345. The van der Waals surface area contributed by atoms with Crippen molar-refractivity contribution in [1.29, 1.82) is 0 Å². The highest BCUT2D eigenvalue weighted by molar-refractivity contribution is 8.00. The lowest BCUT2D eigenvalue weighted by Crippen LogP contribution is -2.35. The van der Waals surface area contributed by atoms with Crippen LogP contribution in [0.1, 0.15) is 19.8 Å². The van der Waals surface area contributed by atoms with Crippen molar-refractivity contribution in [2.45, 2.75) is 31.1 Å². The van der Waals surface area contributed by atoms with E-state index in [1.807, 2.05) is 11.8 Å². The first kappa shape index (κ1) is 9.86. The van der Waals surface area contributed by atoms with E-state index in [-0.39, 0.29) is 5.91 Å². The Morgan fingerprint density at radius 1 is 1.75 bits per heavy atom. The quantitative estimate of drug-likeness (QED) is 0.672. The Bertz CT molecular complexity index is 163. The number of carbonyl (C=O) groups is 1. The van der Waals surface area contributed by atoms with Gasteiger partial charge >= 0.3 is 0 Å². The van der Waals surface area contributed by atoms with Crippen molar-refractivity contribution in [2.75, 3.05) is 12.3 Å². The summed E-state index contributed by atoms with van der Waals surface area (Å²) in [6.07, 6.45) is 1.55. The Hall–Kier alpha value is -0.220. The number of hydrogen-bond acceptors (Lipinski definition) is 3. The molecule has 70 valence electrons. The van der Waals surface area contributed by atoms with Gasteiger partial charge in [0.2, 0.25) is 5.91 Å². The molecular formula is C8H16N2OS. The van der Waals surface area contributed by atoms with Gasteiger partial charge in [-0.3, -0.25) is 4.79 Å². The van der Waals surface area contributed by atoms with Gasteiger partial charge in [0.25, 0.3) is 0 Å². The van der Waals surface area contributed by atoms with Crippen LogP contribution in [0, 0.1) is 0 Å². The molecule has 3 nitrogen and oxygen atoms in total. The molecule has 0 aromatic carbocycles.